The Balaban J connectivity index is 1.94. The Kier molecular flexibility index (Phi) is 1.80. The molecule has 4 aromatic rings. The van der Waals surface area contributed by atoms with Crippen LogP contribution in [0.3, 0.4) is 0 Å². The largest absolute Gasteiger partial charge is 0.353 e. The van der Waals surface area contributed by atoms with Crippen LogP contribution in [0.1, 0.15) is 0 Å². The van der Waals surface area contributed by atoms with Crippen LogP contribution in [0.15, 0.2) is 48.9 Å². The molecule has 2 N–H and O–H groups in total. The van der Waals surface area contributed by atoms with Gasteiger partial charge in [-0.25, -0.2) is 4.98 Å². The maximum absolute atomic E-state index is 4.33. The van der Waals surface area contributed by atoms with Crippen LogP contribution in [0.2, 0.25) is 0 Å². The highest BCUT2D eigenvalue weighted by Gasteiger charge is 2.05. The first-order valence-electron chi connectivity index (χ1n) is 5.77. The molecule has 0 atom stereocenters. The van der Waals surface area contributed by atoms with Crippen molar-refractivity contribution in [1.82, 2.24) is 19.9 Å². The molecule has 0 aliphatic carbocycles. The molecule has 0 saturated heterocycles. The summed E-state index contributed by atoms with van der Waals surface area (Å²) in [6, 6.07) is 12.2. The number of aromatic nitrogens is 4. The number of hydrogen-bond acceptors (Lipinski definition) is 2. The first-order valence-corrected chi connectivity index (χ1v) is 5.77. The molecule has 3 heterocycles. The lowest BCUT2D eigenvalue weighted by Crippen LogP contribution is -1.77. The Hall–Kier alpha value is -2.62. The van der Waals surface area contributed by atoms with Gasteiger partial charge in [0.25, 0.3) is 0 Å². The minimum absolute atomic E-state index is 0.980. The zero-order chi connectivity index (χ0) is 11.9. The highest BCUT2D eigenvalue weighted by molar-refractivity contribution is 5.86. The highest BCUT2D eigenvalue weighted by Crippen LogP contribution is 2.24. The van der Waals surface area contributed by atoms with E-state index < -0.39 is 0 Å². The van der Waals surface area contributed by atoms with Gasteiger partial charge < -0.3 is 9.97 Å². The molecular formula is C14H10N4. The second-order valence-electron chi connectivity index (χ2n) is 4.25. The van der Waals surface area contributed by atoms with Crippen LogP contribution >= 0.6 is 0 Å². The van der Waals surface area contributed by atoms with Crippen molar-refractivity contribution in [2.75, 3.05) is 0 Å². The highest BCUT2D eigenvalue weighted by atomic mass is 14.9. The molecule has 0 aliphatic heterocycles. The van der Waals surface area contributed by atoms with E-state index in [1.54, 1.807) is 12.5 Å². The van der Waals surface area contributed by atoms with Gasteiger partial charge in [-0.15, -0.1) is 0 Å². The first-order chi connectivity index (χ1) is 8.90. The summed E-state index contributed by atoms with van der Waals surface area (Å²) in [7, 11) is 0. The van der Waals surface area contributed by atoms with Gasteiger partial charge in [0.1, 0.15) is 0 Å². The third-order valence-electron chi connectivity index (χ3n) is 3.12. The molecule has 0 amide bonds. The fourth-order valence-corrected chi connectivity index (χ4v) is 2.21. The second kappa shape index (κ2) is 3.43. The second-order valence-corrected chi connectivity index (χ2v) is 4.25. The zero-order valence-corrected chi connectivity index (χ0v) is 9.51. The van der Waals surface area contributed by atoms with Crippen LogP contribution in [0, 0.1) is 0 Å². The maximum Gasteiger partial charge on any atom is 0.0931 e. The van der Waals surface area contributed by atoms with E-state index >= 15 is 0 Å². The molecule has 0 unspecified atom stereocenters. The van der Waals surface area contributed by atoms with E-state index in [2.05, 4.69) is 38.1 Å². The van der Waals surface area contributed by atoms with Gasteiger partial charge in [0.15, 0.2) is 0 Å². The molecule has 18 heavy (non-hydrogen) atoms. The summed E-state index contributed by atoms with van der Waals surface area (Å²) in [6.07, 6.45) is 3.51. The van der Waals surface area contributed by atoms with E-state index in [1.807, 2.05) is 18.2 Å². The molecule has 0 bridgehead atoms. The zero-order valence-electron chi connectivity index (χ0n) is 9.51. The van der Waals surface area contributed by atoms with E-state index in [9.17, 15) is 0 Å². The van der Waals surface area contributed by atoms with Gasteiger partial charge in [0.2, 0.25) is 0 Å². The predicted octanol–water partition coefficient (Wildman–Crippen LogP) is 3.11. The number of imidazole rings is 1. The average molecular weight is 234 g/mol. The molecule has 0 saturated carbocycles. The summed E-state index contributed by atoms with van der Waals surface area (Å²) >= 11 is 0. The summed E-state index contributed by atoms with van der Waals surface area (Å²) in [5, 5.41) is 0. The van der Waals surface area contributed by atoms with Gasteiger partial charge in [-0.2, -0.15) is 0 Å². The predicted molar refractivity (Wildman–Crippen MR) is 71.2 cm³/mol. The van der Waals surface area contributed by atoms with Crippen molar-refractivity contribution in [3.63, 3.8) is 0 Å². The topological polar surface area (TPSA) is 57.4 Å². The third kappa shape index (κ3) is 1.32. The van der Waals surface area contributed by atoms with Crippen molar-refractivity contribution in [3.05, 3.63) is 48.9 Å². The van der Waals surface area contributed by atoms with E-state index in [0.717, 1.165) is 33.3 Å². The number of aromatic amines is 2. The molecule has 1 aromatic carbocycles. The van der Waals surface area contributed by atoms with Crippen molar-refractivity contribution >= 4 is 22.1 Å². The molecule has 0 fully saturated rings. The van der Waals surface area contributed by atoms with E-state index in [4.69, 9.17) is 0 Å². The van der Waals surface area contributed by atoms with Crippen LogP contribution in [-0.4, -0.2) is 19.9 Å². The number of hydrogen-bond donors (Lipinski definition) is 2. The molecular weight excluding hydrogens is 224 g/mol. The lowest BCUT2D eigenvalue weighted by atomic mass is 10.1. The number of benzene rings is 1. The first kappa shape index (κ1) is 9.41. The minimum Gasteiger partial charge on any atom is -0.353 e. The monoisotopic (exact) mass is 234 g/mol. The fourth-order valence-electron chi connectivity index (χ4n) is 2.21. The van der Waals surface area contributed by atoms with Crippen LogP contribution in [-0.2, 0) is 0 Å². The number of rotatable bonds is 1. The normalized spacial score (nSPS) is 11.3. The molecule has 4 heteroatoms. The quantitative estimate of drug-likeness (QED) is 0.531. The minimum atomic E-state index is 0.980. The maximum atomic E-state index is 4.33. The van der Waals surface area contributed by atoms with Gasteiger partial charge in [-0.3, -0.25) is 4.98 Å². The van der Waals surface area contributed by atoms with Gasteiger partial charge in [0.05, 0.1) is 28.4 Å². The smallest absolute Gasteiger partial charge is 0.0931 e. The van der Waals surface area contributed by atoms with Crippen LogP contribution in [0.5, 0.6) is 0 Å². The number of nitrogens with one attached hydrogen (secondary N) is 2. The lowest BCUT2D eigenvalue weighted by molar-refractivity contribution is 1.34. The van der Waals surface area contributed by atoms with Crippen molar-refractivity contribution in [3.8, 4) is 11.3 Å². The molecule has 86 valence electrons. The Bertz CT molecular complexity index is 808. The molecule has 0 radical (unpaired) electrons. The summed E-state index contributed by atoms with van der Waals surface area (Å²) < 4.78 is 0. The standard InChI is InChI=1S/C14H10N4/c1-2-11-14(15-5-1)7-12(18-11)9-3-4-10-13(6-9)17-8-16-10/h1-8,18H,(H,16,17). The van der Waals surface area contributed by atoms with Gasteiger partial charge in [-0.05, 0) is 30.3 Å². The summed E-state index contributed by atoms with van der Waals surface area (Å²) in [6.45, 7) is 0. The Labute approximate surface area is 103 Å². The third-order valence-corrected chi connectivity index (χ3v) is 3.12. The van der Waals surface area contributed by atoms with Crippen LogP contribution < -0.4 is 0 Å². The molecule has 4 nitrogen and oxygen atoms in total. The molecule has 4 rings (SSSR count). The summed E-state index contributed by atoms with van der Waals surface area (Å²) in [5.74, 6) is 0. The van der Waals surface area contributed by atoms with Gasteiger partial charge >= 0.3 is 0 Å². The summed E-state index contributed by atoms with van der Waals surface area (Å²) in [4.78, 5) is 15.0. The number of fused-ring (bicyclic) bond motifs is 2. The van der Waals surface area contributed by atoms with E-state index in [0.29, 0.717) is 0 Å². The Morgan fingerprint density at radius 3 is 2.83 bits per heavy atom. The fraction of sp³-hybridized carbons (Fsp3) is 0. The average Bonchev–Trinajstić information content (AvgIpc) is 3.04. The van der Waals surface area contributed by atoms with E-state index in [-0.39, 0.29) is 0 Å². The van der Waals surface area contributed by atoms with Gasteiger partial charge in [0, 0.05) is 17.5 Å². The summed E-state index contributed by atoms with van der Waals surface area (Å²) in [5.41, 5.74) is 6.26. The van der Waals surface area contributed by atoms with Crippen molar-refractivity contribution in [2.45, 2.75) is 0 Å². The molecule has 0 spiro atoms. The molecule has 3 aromatic heterocycles. The van der Waals surface area contributed by atoms with Gasteiger partial charge in [-0.1, -0.05) is 6.07 Å². The van der Waals surface area contributed by atoms with Crippen molar-refractivity contribution in [1.29, 1.82) is 0 Å². The number of nitrogens with zero attached hydrogens (tertiary/aromatic N) is 2. The number of pyridine rings is 1. The van der Waals surface area contributed by atoms with Crippen molar-refractivity contribution in [2.24, 2.45) is 0 Å². The van der Waals surface area contributed by atoms with Crippen LogP contribution in [0.4, 0.5) is 0 Å². The van der Waals surface area contributed by atoms with E-state index in [1.165, 1.54) is 0 Å². The molecule has 0 aliphatic rings. The Morgan fingerprint density at radius 2 is 1.89 bits per heavy atom. The van der Waals surface area contributed by atoms with Crippen molar-refractivity contribution < 1.29 is 0 Å². The van der Waals surface area contributed by atoms with Crippen LogP contribution in [0.25, 0.3) is 33.3 Å². The number of H-pyrrole nitrogens is 2. The lowest BCUT2D eigenvalue weighted by Gasteiger charge is -1.97. The Morgan fingerprint density at radius 1 is 0.889 bits per heavy atom. The SMILES string of the molecule is c1cnc2cc(-c3ccc4nc[nH]c4c3)[nH]c2c1.